The molecule has 208 valence electrons. The fourth-order valence-electron chi connectivity index (χ4n) is 5.97. The zero-order valence-corrected chi connectivity index (χ0v) is 23.8. The minimum absolute atomic E-state index is 0.165. The van der Waals surface area contributed by atoms with Gasteiger partial charge in [0.2, 0.25) is 0 Å². The molecule has 0 aliphatic carbocycles. The summed E-state index contributed by atoms with van der Waals surface area (Å²) in [6.45, 7) is 15.4. The third-order valence-electron chi connectivity index (χ3n) is 8.03. The van der Waals surface area contributed by atoms with Gasteiger partial charge in [0.1, 0.15) is 11.5 Å². The molecule has 10 nitrogen and oxygen atoms in total. The van der Waals surface area contributed by atoms with E-state index in [1.54, 1.807) is 6.20 Å². The Balaban J connectivity index is 1.20. The fourth-order valence-corrected chi connectivity index (χ4v) is 5.97. The van der Waals surface area contributed by atoms with E-state index in [1.165, 1.54) is 5.56 Å². The van der Waals surface area contributed by atoms with Crippen molar-refractivity contribution < 1.29 is 9.21 Å². The molecule has 2 aliphatic heterocycles. The average Bonchev–Trinajstić information content (AvgIpc) is 3.41. The van der Waals surface area contributed by atoms with Crippen LogP contribution in [0.5, 0.6) is 0 Å². The monoisotopic (exact) mass is 532 g/mol. The van der Waals surface area contributed by atoms with Crippen molar-refractivity contribution in [1.82, 2.24) is 30.0 Å². The molecule has 0 spiro atoms. The maximum absolute atomic E-state index is 13.2. The summed E-state index contributed by atoms with van der Waals surface area (Å²) in [5.74, 6) is 1.45. The number of piperidine rings is 1. The summed E-state index contributed by atoms with van der Waals surface area (Å²) >= 11 is 0. The summed E-state index contributed by atoms with van der Waals surface area (Å²) in [6, 6.07) is 7.42. The molecule has 10 heteroatoms. The number of benzene rings is 1. The molecule has 1 amide bonds. The van der Waals surface area contributed by atoms with Gasteiger partial charge in [-0.25, -0.2) is 9.97 Å². The van der Waals surface area contributed by atoms with Gasteiger partial charge in [0.25, 0.3) is 11.8 Å². The largest absolute Gasteiger partial charge is 0.402 e. The molecular formula is C29H40N8O2. The first-order valence-electron chi connectivity index (χ1n) is 14.2. The summed E-state index contributed by atoms with van der Waals surface area (Å²) in [4.78, 5) is 29.8. The van der Waals surface area contributed by atoms with Crippen molar-refractivity contribution in [2.45, 2.75) is 66.0 Å². The van der Waals surface area contributed by atoms with Crippen molar-refractivity contribution in [2.24, 2.45) is 0 Å². The number of anilines is 2. The molecule has 1 atom stereocenters. The van der Waals surface area contributed by atoms with Crippen LogP contribution in [0.1, 0.15) is 60.3 Å². The van der Waals surface area contributed by atoms with Crippen molar-refractivity contribution in [2.75, 3.05) is 49.5 Å². The normalized spacial score (nSPS) is 18.9. The van der Waals surface area contributed by atoms with Gasteiger partial charge in [-0.3, -0.25) is 9.69 Å². The lowest BCUT2D eigenvalue weighted by Gasteiger charge is -2.47. The molecule has 39 heavy (non-hydrogen) atoms. The van der Waals surface area contributed by atoms with Crippen molar-refractivity contribution in [3.63, 3.8) is 0 Å². The maximum atomic E-state index is 13.2. The standard InChI is InChI=1S/C29H40N8O2/c1-6-22-18-36(26-21(5)32-25(17-31-26)27-33-34-29(39-27)30-7-2)14-15-37(22)23-10-12-35(13-11-23)28(38)24-9-8-19(3)16-20(24)4/h8-9,16-17,22-23H,6-7,10-15,18H2,1-5H3,(H,30,34). The molecule has 0 radical (unpaired) electrons. The van der Waals surface area contributed by atoms with Crippen LogP contribution in [0.3, 0.4) is 0 Å². The third kappa shape index (κ3) is 5.75. The van der Waals surface area contributed by atoms with Crippen LogP contribution in [-0.2, 0) is 0 Å². The van der Waals surface area contributed by atoms with E-state index in [2.05, 4.69) is 45.2 Å². The lowest BCUT2D eigenvalue weighted by Crippen LogP contribution is -2.59. The predicted molar refractivity (Wildman–Crippen MR) is 152 cm³/mol. The van der Waals surface area contributed by atoms with Crippen LogP contribution in [-0.4, -0.2) is 87.2 Å². The summed E-state index contributed by atoms with van der Waals surface area (Å²) in [5, 5.41) is 11.1. The Morgan fingerprint density at radius 2 is 1.87 bits per heavy atom. The number of carbonyl (C=O) groups excluding carboxylic acids is 1. The van der Waals surface area contributed by atoms with Gasteiger partial charge in [-0.05, 0) is 58.6 Å². The number of hydrogen-bond donors (Lipinski definition) is 1. The fraction of sp³-hybridized carbons (Fsp3) is 0.552. The number of hydrogen-bond acceptors (Lipinski definition) is 9. The van der Waals surface area contributed by atoms with Gasteiger partial charge in [0.05, 0.1) is 11.9 Å². The highest BCUT2D eigenvalue weighted by molar-refractivity contribution is 5.95. The van der Waals surface area contributed by atoms with E-state index in [1.807, 2.05) is 37.8 Å². The van der Waals surface area contributed by atoms with E-state index in [-0.39, 0.29) is 5.91 Å². The van der Waals surface area contributed by atoms with Crippen LogP contribution in [0, 0.1) is 20.8 Å². The topological polar surface area (TPSA) is 104 Å². The first-order valence-corrected chi connectivity index (χ1v) is 14.2. The molecule has 1 N–H and O–H groups in total. The summed E-state index contributed by atoms with van der Waals surface area (Å²) in [6.07, 6.45) is 4.82. The minimum Gasteiger partial charge on any atom is -0.402 e. The highest BCUT2D eigenvalue weighted by Crippen LogP contribution is 2.28. The van der Waals surface area contributed by atoms with E-state index in [0.717, 1.165) is 74.6 Å². The quantitative estimate of drug-likeness (QED) is 0.482. The van der Waals surface area contributed by atoms with Crippen molar-refractivity contribution in [1.29, 1.82) is 0 Å². The molecule has 1 unspecified atom stereocenters. The molecule has 2 fully saturated rings. The Hall–Kier alpha value is -3.53. The molecule has 0 bridgehead atoms. The summed E-state index contributed by atoms with van der Waals surface area (Å²) in [5.41, 5.74) is 4.53. The van der Waals surface area contributed by atoms with E-state index < -0.39 is 0 Å². The molecule has 1 aromatic carbocycles. The van der Waals surface area contributed by atoms with Crippen LogP contribution in [0.4, 0.5) is 11.8 Å². The predicted octanol–water partition coefficient (Wildman–Crippen LogP) is 4.09. The molecule has 4 heterocycles. The molecule has 2 saturated heterocycles. The lowest BCUT2D eigenvalue weighted by molar-refractivity contribution is 0.0490. The highest BCUT2D eigenvalue weighted by atomic mass is 16.4. The second-order valence-electron chi connectivity index (χ2n) is 10.7. The summed E-state index contributed by atoms with van der Waals surface area (Å²) in [7, 11) is 0. The second kappa shape index (κ2) is 11.7. The number of nitrogens with one attached hydrogen (secondary N) is 1. The SMILES string of the molecule is CCNc1nnc(-c2cnc(N3CCN(C4CCN(C(=O)c5ccc(C)cc5C)CC4)C(CC)C3)c(C)n2)o1. The molecule has 0 saturated carbocycles. The van der Waals surface area contributed by atoms with Gasteiger partial charge >= 0.3 is 6.01 Å². The number of piperazine rings is 1. The third-order valence-corrected chi connectivity index (χ3v) is 8.03. The zero-order valence-electron chi connectivity index (χ0n) is 23.8. The minimum atomic E-state index is 0.165. The van der Waals surface area contributed by atoms with Gasteiger partial charge in [0.15, 0.2) is 0 Å². The summed E-state index contributed by atoms with van der Waals surface area (Å²) < 4.78 is 5.64. The number of amides is 1. The number of aryl methyl sites for hydroxylation is 3. The second-order valence-corrected chi connectivity index (χ2v) is 10.7. The number of rotatable bonds is 7. The van der Waals surface area contributed by atoms with Crippen LogP contribution in [0.25, 0.3) is 11.6 Å². The number of likely N-dealkylation sites (tertiary alicyclic amines) is 1. The number of aromatic nitrogens is 4. The Morgan fingerprint density at radius 1 is 1.08 bits per heavy atom. The average molecular weight is 533 g/mol. The van der Waals surface area contributed by atoms with Gasteiger partial charge in [0, 0.05) is 56.9 Å². The molecule has 2 aromatic heterocycles. The van der Waals surface area contributed by atoms with Crippen molar-refractivity contribution in [3.8, 4) is 11.6 Å². The van der Waals surface area contributed by atoms with E-state index >= 15 is 0 Å². The van der Waals surface area contributed by atoms with Crippen molar-refractivity contribution in [3.05, 3.63) is 46.8 Å². The van der Waals surface area contributed by atoms with Crippen LogP contribution in [0.2, 0.25) is 0 Å². The first kappa shape index (κ1) is 27.1. The van der Waals surface area contributed by atoms with Crippen LogP contribution >= 0.6 is 0 Å². The molecule has 3 aromatic rings. The molecule has 5 rings (SSSR count). The Kier molecular flexibility index (Phi) is 8.11. The van der Waals surface area contributed by atoms with E-state index in [0.29, 0.717) is 36.2 Å². The van der Waals surface area contributed by atoms with Gasteiger partial charge in [-0.1, -0.05) is 29.7 Å². The molecular weight excluding hydrogens is 492 g/mol. The number of nitrogens with zero attached hydrogens (tertiary/aromatic N) is 7. The van der Waals surface area contributed by atoms with Gasteiger partial charge in [-0.2, -0.15) is 0 Å². The first-order chi connectivity index (χ1) is 18.9. The number of carbonyl (C=O) groups is 1. The molecule has 2 aliphatic rings. The Labute approximate surface area is 230 Å². The van der Waals surface area contributed by atoms with Gasteiger partial charge < -0.3 is 19.5 Å². The Morgan fingerprint density at radius 3 is 2.56 bits per heavy atom. The van der Waals surface area contributed by atoms with Gasteiger partial charge in [-0.15, -0.1) is 5.10 Å². The zero-order chi connectivity index (χ0) is 27.5. The highest BCUT2D eigenvalue weighted by Gasteiger charge is 2.35. The van der Waals surface area contributed by atoms with E-state index in [9.17, 15) is 4.79 Å². The van der Waals surface area contributed by atoms with E-state index in [4.69, 9.17) is 14.4 Å². The Bertz CT molecular complexity index is 1300. The maximum Gasteiger partial charge on any atom is 0.315 e. The lowest BCUT2D eigenvalue weighted by atomic mass is 9.97. The van der Waals surface area contributed by atoms with Crippen LogP contribution < -0.4 is 10.2 Å². The smallest absolute Gasteiger partial charge is 0.315 e. The van der Waals surface area contributed by atoms with Crippen LogP contribution in [0.15, 0.2) is 28.8 Å². The van der Waals surface area contributed by atoms with Crippen molar-refractivity contribution >= 4 is 17.7 Å².